The molecule has 0 fully saturated rings. The Morgan fingerprint density at radius 3 is 1.75 bits per heavy atom. The molecule has 0 atom stereocenters. The lowest BCUT2D eigenvalue weighted by atomic mass is 10.3. The largest absolute Gasteiger partial charge is 0.508 e. The Balaban J connectivity index is 0.000000334. The monoisotopic (exact) mass is 412 g/mol. The number of rotatable bonds is 4. The van der Waals surface area contributed by atoms with Gasteiger partial charge < -0.3 is 20.4 Å². The number of aliphatic hydroxyl groups excluding tert-OH is 2. The summed E-state index contributed by atoms with van der Waals surface area (Å²) in [4.78, 5) is 0. The second kappa shape index (κ2) is 14.5. The van der Waals surface area contributed by atoms with Crippen LogP contribution in [0.2, 0.25) is 15.1 Å². The van der Waals surface area contributed by atoms with Gasteiger partial charge in [-0.25, -0.2) is 0 Å². The topological polar surface area (TPSA) is 80.9 Å². The molecule has 2 aromatic rings. The van der Waals surface area contributed by atoms with Gasteiger partial charge in [0.1, 0.15) is 11.5 Å². The van der Waals surface area contributed by atoms with Crippen LogP contribution in [0.5, 0.6) is 11.5 Å². The molecule has 24 heavy (non-hydrogen) atoms. The van der Waals surface area contributed by atoms with Crippen molar-refractivity contribution in [1.82, 2.24) is 0 Å². The van der Waals surface area contributed by atoms with E-state index in [9.17, 15) is 0 Å². The first-order valence-corrected chi connectivity index (χ1v) is 9.07. The molecule has 0 aliphatic carbocycles. The van der Waals surface area contributed by atoms with Crippen LogP contribution in [0.15, 0.2) is 42.5 Å². The molecule has 0 saturated heterocycles. The van der Waals surface area contributed by atoms with Crippen molar-refractivity contribution in [2.75, 3.05) is 24.7 Å². The zero-order valence-corrected chi connectivity index (χ0v) is 15.8. The van der Waals surface area contributed by atoms with Crippen LogP contribution in [0, 0.1) is 0 Å². The highest BCUT2D eigenvalue weighted by molar-refractivity contribution is 7.99. The fourth-order valence-corrected chi connectivity index (χ4v) is 2.24. The summed E-state index contributed by atoms with van der Waals surface area (Å²) in [6.45, 7) is 0.426. The van der Waals surface area contributed by atoms with Gasteiger partial charge in [-0.05, 0) is 36.4 Å². The van der Waals surface area contributed by atoms with Crippen molar-refractivity contribution in [3.05, 3.63) is 57.5 Å². The van der Waals surface area contributed by atoms with Crippen LogP contribution in [0.1, 0.15) is 0 Å². The van der Waals surface area contributed by atoms with Gasteiger partial charge in [0.05, 0.1) is 18.2 Å². The van der Waals surface area contributed by atoms with E-state index >= 15 is 0 Å². The average Bonchev–Trinajstić information content (AvgIpc) is 2.53. The molecule has 2 rings (SSSR count). The second-order valence-electron chi connectivity index (χ2n) is 4.14. The molecule has 4 N–H and O–H groups in total. The van der Waals surface area contributed by atoms with E-state index in [0.29, 0.717) is 10.0 Å². The van der Waals surface area contributed by atoms with Crippen LogP contribution in [0.25, 0.3) is 0 Å². The number of phenols is 2. The van der Waals surface area contributed by atoms with Gasteiger partial charge in [-0.1, -0.05) is 40.9 Å². The molecule has 2 aromatic carbocycles. The van der Waals surface area contributed by atoms with Crippen molar-refractivity contribution in [2.24, 2.45) is 0 Å². The van der Waals surface area contributed by atoms with Gasteiger partial charge in [0.25, 0.3) is 0 Å². The zero-order chi connectivity index (χ0) is 18.4. The molecule has 0 aliphatic heterocycles. The molecule has 0 spiro atoms. The standard InChI is InChI=1S/C6H4Cl2O.C6H5ClO.C4H10O2S/c7-4-1-2-6(9)5(8)3-4;7-5-2-1-3-6(8)4-5;5-1-3-7-4-2-6/h1-3,9H;1-4,8H;5-6H,1-4H2. The normalized spacial score (nSPS) is 9.38. The number of hydrogen-bond acceptors (Lipinski definition) is 5. The van der Waals surface area contributed by atoms with Gasteiger partial charge in [0.2, 0.25) is 0 Å². The van der Waals surface area contributed by atoms with Crippen molar-refractivity contribution >= 4 is 46.6 Å². The molecule has 0 amide bonds. The molecular weight excluding hydrogens is 395 g/mol. The third kappa shape index (κ3) is 12.6. The Labute approximate surface area is 160 Å². The molecule has 0 bridgehead atoms. The van der Waals surface area contributed by atoms with E-state index in [-0.39, 0.29) is 29.7 Å². The molecular formula is C16H19Cl3O4S. The molecule has 0 radical (unpaired) electrons. The Morgan fingerprint density at radius 2 is 1.38 bits per heavy atom. The minimum atomic E-state index is 0.0565. The number of phenolic OH excluding ortho intramolecular Hbond substituents is 2. The maximum absolute atomic E-state index is 8.85. The van der Waals surface area contributed by atoms with Gasteiger partial charge in [-0.3, -0.25) is 0 Å². The summed E-state index contributed by atoms with van der Waals surface area (Å²) in [5.41, 5.74) is 0. The lowest BCUT2D eigenvalue weighted by Crippen LogP contribution is -1.91. The molecule has 0 aliphatic rings. The van der Waals surface area contributed by atoms with Crippen LogP contribution in [-0.2, 0) is 0 Å². The van der Waals surface area contributed by atoms with Crippen molar-refractivity contribution < 1.29 is 20.4 Å². The zero-order valence-electron chi connectivity index (χ0n) is 12.7. The minimum Gasteiger partial charge on any atom is -0.508 e. The summed E-state index contributed by atoms with van der Waals surface area (Å²) in [6, 6.07) is 11.0. The molecule has 0 aromatic heterocycles. The summed E-state index contributed by atoms with van der Waals surface area (Å²) in [7, 11) is 0. The first-order valence-electron chi connectivity index (χ1n) is 6.78. The van der Waals surface area contributed by atoms with Gasteiger partial charge in [0, 0.05) is 21.6 Å². The maximum Gasteiger partial charge on any atom is 0.134 e. The van der Waals surface area contributed by atoms with E-state index in [0.717, 1.165) is 11.5 Å². The Morgan fingerprint density at radius 1 is 0.792 bits per heavy atom. The average molecular weight is 414 g/mol. The van der Waals surface area contributed by atoms with Crippen LogP contribution in [0.3, 0.4) is 0 Å². The van der Waals surface area contributed by atoms with Gasteiger partial charge in [-0.15, -0.1) is 0 Å². The highest BCUT2D eigenvalue weighted by Crippen LogP contribution is 2.25. The van der Waals surface area contributed by atoms with Crippen molar-refractivity contribution in [1.29, 1.82) is 0 Å². The first kappa shape index (κ1) is 23.2. The first-order chi connectivity index (χ1) is 11.4. The molecule has 0 saturated carbocycles. The highest BCUT2D eigenvalue weighted by Gasteiger charge is 1.95. The van der Waals surface area contributed by atoms with E-state index in [2.05, 4.69) is 0 Å². The van der Waals surface area contributed by atoms with Crippen LogP contribution in [-0.4, -0.2) is 45.1 Å². The predicted molar refractivity (Wildman–Crippen MR) is 103 cm³/mol. The summed E-state index contributed by atoms with van der Waals surface area (Å²) in [6.07, 6.45) is 0. The van der Waals surface area contributed by atoms with Gasteiger partial charge in [0.15, 0.2) is 0 Å². The Bertz CT molecular complexity index is 564. The van der Waals surface area contributed by atoms with Crippen LogP contribution in [0.4, 0.5) is 0 Å². The Hall–Kier alpha value is -0.820. The summed E-state index contributed by atoms with van der Waals surface area (Å²) in [5.74, 6) is 1.74. The molecule has 4 nitrogen and oxygen atoms in total. The third-order valence-electron chi connectivity index (χ3n) is 2.19. The smallest absolute Gasteiger partial charge is 0.134 e. The second-order valence-corrected chi connectivity index (χ2v) is 6.64. The number of thioether (sulfide) groups is 1. The van der Waals surface area contributed by atoms with E-state index in [4.69, 9.17) is 55.2 Å². The van der Waals surface area contributed by atoms with E-state index in [1.165, 1.54) is 18.2 Å². The fourth-order valence-electron chi connectivity index (χ4n) is 1.19. The van der Waals surface area contributed by atoms with Crippen molar-refractivity contribution in [2.45, 2.75) is 0 Å². The van der Waals surface area contributed by atoms with E-state index in [1.807, 2.05) is 0 Å². The lowest BCUT2D eigenvalue weighted by Gasteiger charge is -1.93. The predicted octanol–water partition coefficient (Wildman–Crippen LogP) is 4.45. The molecule has 134 valence electrons. The van der Waals surface area contributed by atoms with Crippen LogP contribution < -0.4 is 0 Å². The number of hydrogen-bond donors (Lipinski definition) is 4. The quantitative estimate of drug-likeness (QED) is 0.557. The van der Waals surface area contributed by atoms with E-state index < -0.39 is 0 Å². The fraction of sp³-hybridized carbons (Fsp3) is 0.250. The van der Waals surface area contributed by atoms with Crippen LogP contribution >= 0.6 is 46.6 Å². The SMILES string of the molecule is OCCSCCO.Oc1ccc(Cl)cc1Cl.Oc1cccc(Cl)c1. The summed E-state index contributed by atoms with van der Waals surface area (Å²) >= 11 is 18.0. The number of aromatic hydroxyl groups is 2. The highest BCUT2D eigenvalue weighted by atomic mass is 35.5. The number of halogens is 3. The molecule has 0 unspecified atom stereocenters. The molecule has 0 heterocycles. The minimum absolute atomic E-state index is 0.0565. The number of aliphatic hydroxyl groups is 2. The number of benzene rings is 2. The van der Waals surface area contributed by atoms with Crippen molar-refractivity contribution in [3.8, 4) is 11.5 Å². The third-order valence-corrected chi connectivity index (χ3v) is 3.90. The Kier molecular flexibility index (Phi) is 14.0. The maximum atomic E-state index is 8.85. The van der Waals surface area contributed by atoms with Gasteiger partial charge >= 0.3 is 0 Å². The van der Waals surface area contributed by atoms with E-state index in [1.54, 1.807) is 36.0 Å². The molecule has 8 heteroatoms. The van der Waals surface area contributed by atoms with Crippen molar-refractivity contribution in [3.63, 3.8) is 0 Å². The summed E-state index contributed by atoms with van der Waals surface area (Å²) < 4.78 is 0. The van der Waals surface area contributed by atoms with Gasteiger partial charge in [-0.2, -0.15) is 11.8 Å². The summed E-state index contributed by atoms with van der Waals surface area (Å²) in [5, 5.41) is 35.3. The lowest BCUT2D eigenvalue weighted by molar-refractivity contribution is 0.318.